The van der Waals surface area contributed by atoms with E-state index in [1.54, 1.807) is 12.3 Å². The van der Waals surface area contributed by atoms with Gasteiger partial charge in [-0.1, -0.05) is 12.1 Å². The van der Waals surface area contributed by atoms with Crippen LogP contribution >= 0.6 is 0 Å². The molecule has 1 aromatic heterocycles. The lowest BCUT2D eigenvalue weighted by Gasteiger charge is -2.18. The van der Waals surface area contributed by atoms with Gasteiger partial charge < -0.3 is 9.67 Å². The molecule has 1 unspecified atom stereocenters. The van der Waals surface area contributed by atoms with Crippen molar-refractivity contribution in [1.29, 1.82) is 0 Å². The van der Waals surface area contributed by atoms with Gasteiger partial charge in [0.15, 0.2) is 0 Å². The van der Waals surface area contributed by atoms with Crippen LogP contribution in [0.25, 0.3) is 11.3 Å². The van der Waals surface area contributed by atoms with E-state index in [2.05, 4.69) is 4.98 Å². The maximum atomic E-state index is 12.7. The highest BCUT2D eigenvalue weighted by Gasteiger charge is 2.30. The normalized spacial score (nSPS) is 18.9. The average molecular weight is 282 g/mol. The van der Waals surface area contributed by atoms with Crippen molar-refractivity contribution in [3.63, 3.8) is 0 Å². The van der Waals surface area contributed by atoms with Crippen LogP contribution < -0.4 is 0 Å². The van der Waals surface area contributed by atoms with E-state index in [0.717, 1.165) is 18.0 Å². The molecule has 106 valence electrons. The Hall–Kier alpha value is -1.82. The zero-order valence-corrected chi connectivity index (χ0v) is 10.6. The van der Waals surface area contributed by atoms with Crippen molar-refractivity contribution < 1.29 is 18.3 Å². The number of benzene rings is 1. The Kier molecular flexibility index (Phi) is 3.05. The molecule has 0 aliphatic carbocycles. The first kappa shape index (κ1) is 13.2. The smallest absolute Gasteiger partial charge is 0.393 e. The molecular weight excluding hydrogens is 269 g/mol. The quantitative estimate of drug-likeness (QED) is 0.873. The number of imidazole rings is 1. The monoisotopic (exact) mass is 282 g/mol. The summed E-state index contributed by atoms with van der Waals surface area (Å²) in [5.74, 6) is 0.719. The topological polar surface area (TPSA) is 38.0 Å². The van der Waals surface area contributed by atoms with Gasteiger partial charge in [-0.15, -0.1) is 0 Å². The summed E-state index contributed by atoms with van der Waals surface area (Å²) in [5.41, 5.74) is 0.275. The molecule has 1 atom stereocenters. The predicted molar refractivity (Wildman–Crippen MR) is 67.0 cm³/mol. The van der Waals surface area contributed by atoms with Crippen molar-refractivity contribution in [2.45, 2.75) is 31.7 Å². The molecule has 0 saturated heterocycles. The van der Waals surface area contributed by atoms with Crippen LogP contribution in [0.15, 0.2) is 30.5 Å². The van der Waals surface area contributed by atoms with E-state index in [1.165, 1.54) is 6.07 Å². The van der Waals surface area contributed by atoms with E-state index in [0.29, 0.717) is 30.6 Å². The molecule has 3 nitrogen and oxygen atoms in total. The van der Waals surface area contributed by atoms with E-state index in [4.69, 9.17) is 0 Å². The number of halogens is 3. The first-order chi connectivity index (χ1) is 9.43. The van der Waals surface area contributed by atoms with Gasteiger partial charge in [-0.25, -0.2) is 4.98 Å². The molecule has 6 heteroatoms. The van der Waals surface area contributed by atoms with Gasteiger partial charge in [0.2, 0.25) is 0 Å². The third-order valence-electron chi connectivity index (χ3n) is 3.47. The number of aryl methyl sites for hydroxylation is 1. The van der Waals surface area contributed by atoms with Crippen LogP contribution in [0.5, 0.6) is 0 Å². The summed E-state index contributed by atoms with van der Waals surface area (Å²) < 4.78 is 40.0. The molecule has 0 spiro atoms. The number of nitrogens with zero attached hydrogens (tertiary/aromatic N) is 2. The highest BCUT2D eigenvalue weighted by Crippen LogP contribution is 2.32. The SMILES string of the molecule is OC1CCn2cc(-c3cccc(C(F)(F)F)c3)nc2C1. The van der Waals surface area contributed by atoms with E-state index in [-0.39, 0.29) is 0 Å². The highest BCUT2D eigenvalue weighted by atomic mass is 19.4. The van der Waals surface area contributed by atoms with Crippen molar-refractivity contribution in [3.8, 4) is 11.3 Å². The molecule has 1 aliphatic rings. The van der Waals surface area contributed by atoms with Gasteiger partial charge in [-0.05, 0) is 18.6 Å². The maximum absolute atomic E-state index is 12.7. The zero-order valence-electron chi connectivity index (χ0n) is 10.6. The van der Waals surface area contributed by atoms with Crippen LogP contribution in [-0.2, 0) is 19.1 Å². The molecule has 0 bridgehead atoms. The lowest BCUT2D eigenvalue weighted by Crippen LogP contribution is -2.22. The number of rotatable bonds is 1. The summed E-state index contributed by atoms with van der Waals surface area (Å²) in [7, 11) is 0. The Morgan fingerprint density at radius 1 is 1.30 bits per heavy atom. The van der Waals surface area contributed by atoms with Crippen LogP contribution in [0, 0.1) is 0 Å². The number of hydrogen-bond donors (Lipinski definition) is 1. The summed E-state index contributed by atoms with van der Waals surface area (Å²) in [6.45, 7) is 0.641. The largest absolute Gasteiger partial charge is 0.416 e. The average Bonchev–Trinajstić information content (AvgIpc) is 2.81. The molecule has 2 aromatic rings. The second-order valence-corrected chi connectivity index (χ2v) is 4.96. The number of aromatic nitrogens is 2. The van der Waals surface area contributed by atoms with E-state index in [1.807, 2.05) is 4.57 Å². The fourth-order valence-corrected chi connectivity index (χ4v) is 2.41. The van der Waals surface area contributed by atoms with Gasteiger partial charge in [-0.2, -0.15) is 13.2 Å². The molecule has 3 rings (SSSR count). The fourth-order valence-electron chi connectivity index (χ4n) is 2.41. The summed E-state index contributed by atoms with van der Waals surface area (Å²) in [6, 6.07) is 5.14. The second kappa shape index (κ2) is 4.63. The fraction of sp³-hybridized carbons (Fsp3) is 0.357. The molecule has 0 fully saturated rings. The first-order valence-electron chi connectivity index (χ1n) is 6.35. The molecule has 1 aliphatic heterocycles. The predicted octanol–water partition coefficient (Wildman–Crippen LogP) is 2.88. The minimum Gasteiger partial charge on any atom is -0.393 e. The van der Waals surface area contributed by atoms with Crippen LogP contribution in [0.1, 0.15) is 17.8 Å². The van der Waals surface area contributed by atoms with Crippen LogP contribution in [0.3, 0.4) is 0 Å². The van der Waals surface area contributed by atoms with E-state index in [9.17, 15) is 18.3 Å². The van der Waals surface area contributed by atoms with Gasteiger partial charge in [0.1, 0.15) is 5.82 Å². The van der Waals surface area contributed by atoms with Crippen LogP contribution in [0.4, 0.5) is 13.2 Å². The highest BCUT2D eigenvalue weighted by molar-refractivity contribution is 5.60. The van der Waals surface area contributed by atoms with Gasteiger partial charge >= 0.3 is 6.18 Å². The zero-order chi connectivity index (χ0) is 14.3. The van der Waals surface area contributed by atoms with E-state index < -0.39 is 17.8 Å². The molecule has 1 aromatic carbocycles. The summed E-state index contributed by atoms with van der Waals surface area (Å²) in [4.78, 5) is 4.33. The van der Waals surface area contributed by atoms with Crippen molar-refractivity contribution in [2.75, 3.05) is 0 Å². The Labute approximate surface area is 113 Å². The Balaban J connectivity index is 1.98. The summed E-state index contributed by atoms with van der Waals surface area (Å²) >= 11 is 0. The Morgan fingerprint density at radius 3 is 2.85 bits per heavy atom. The molecule has 1 N–H and O–H groups in total. The van der Waals surface area contributed by atoms with Crippen molar-refractivity contribution >= 4 is 0 Å². The van der Waals surface area contributed by atoms with Crippen LogP contribution in [0.2, 0.25) is 0 Å². The van der Waals surface area contributed by atoms with Crippen molar-refractivity contribution in [2.24, 2.45) is 0 Å². The molecular formula is C14H13F3N2O. The van der Waals surface area contributed by atoms with Crippen molar-refractivity contribution in [1.82, 2.24) is 9.55 Å². The van der Waals surface area contributed by atoms with Gasteiger partial charge in [0, 0.05) is 24.7 Å². The Morgan fingerprint density at radius 2 is 2.10 bits per heavy atom. The molecule has 0 amide bonds. The van der Waals surface area contributed by atoms with Gasteiger partial charge in [-0.3, -0.25) is 0 Å². The number of aliphatic hydroxyl groups excluding tert-OH is 1. The number of aliphatic hydroxyl groups is 1. The minimum atomic E-state index is -4.36. The summed E-state index contributed by atoms with van der Waals surface area (Å²) in [6.07, 6.45) is -1.94. The molecule has 20 heavy (non-hydrogen) atoms. The number of fused-ring (bicyclic) bond motifs is 1. The van der Waals surface area contributed by atoms with Gasteiger partial charge in [0.25, 0.3) is 0 Å². The third kappa shape index (κ3) is 2.43. The number of alkyl halides is 3. The number of hydrogen-bond acceptors (Lipinski definition) is 2. The van der Waals surface area contributed by atoms with Crippen LogP contribution in [-0.4, -0.2) is 20.8 Å². The van der Waals surface area contributed by atoms with E-state index >= 15 is 0 Å². The van der Waals surface area contributed by atoms with Crippen molar-refractivity contribution in [3.05, 3.63) is 41.9 Å². The summed E-state index contributed by atoms with van der Waals surface area (Å²) in [5, 5.41) is 9.58. The second-order valence-electron chi connectivity index (χ2n) is 4.96. The lowest BCUT2D eigenvalue weighted by molar-refractivity contribution is -0.137. The first-order valence-corrected chi connectivity index (χ1v) is 6.35. The molecule has 2 heterocycles. The molecule has 0 radical (unpaired) electrons. The molecule has 0 saturated carbocycles. The van der Waals surface area contributed by atoms with Gasteiger partial charge in [0.05, 0.1) is 17.4 Å². The minimum absolute atomic E-state index is 0.417. The lowest BCUT2D eigenvalue weighted by atomic mass is 10.1. The standard InChI is InChI=1S/C14H13F3N2O/c15-14(16,17)10-3-1-2-9(6-10)12-8-19-5-4-11(20)7-13(19)18-12/h1-3,6,8,11,20H,4-5,7H2. The third-order valence-corrected chi connectivity index (χ3v) is 3.47. The maximum Gasteiger partial charge on any atom is 0.416 e. The Bertz CT molecular complexity index is 634.